The molecule has 2 rings (SSSR count). The van der Waals surface area contributed by atoms with Gasteiger partial charge in [0.25, 0.3) is 0 Å². The molecule has 4 heteroatoms. The molecule has 0 atom stereocenters. The predicted molar refractivity (Wildman–Crippen MR) is 71.7 cm³/mol. The van der Waals surface area contributed by atoms with Crippen molar-refractivity contribution in [3.05, 3.63) is 45.7 Å². The Labute approximate surface area is 105 Å². The Kier molecular flexibility index (Phi) is 3.19. The SMILES string of the molecule is CNC(=O)Cn1ccc(=O)c2c(C)cc(C)cc21. The highest BCUT2D eigenvalue weighted by molar-refractivity contribution is 5.85. The maximum Gasteiger partial charge on any atom is 0.239 e. The molecule has 1 N–H and O–H groups in total. The first kappa shape index (κ1) is 12.4. The Morgan fingerprint density at radius 3 is 2.72 bits per heavy atom. The van der Waals surface area contributed by atoms with Crippen LogP contribution in [0.5, 0.6) is 0 Å². The smallest absolute Gasteiger partial charge is 0.239 e. The Bertz CT molecular complexity index is 671. The minimum Gasteiger partial charge on any atom is -0.358 e. The van der Waals surface area contributed by atoms with Crippen LogP contribution in [-0.4, -0.2) is 17.5 Å². The van der Waals surface area contributed by atoms with Crippen molar-refractivity contribution >= 4 is 16.8 Å². The molecule has 0 saturated heterocycles. The summed E-state index contributed by atoms with van der Waals surface area (Å²) in [6, 6.07) is 5.42. The highest BCUT2D eigenvalue weighted by atomic mass is 16.1. The van der Waals surface area contributed by atoms with Crippen LogP contribution in [0.25, 0.3) is 10.9 Å². The van der Waals surface area contributed by atoms with Crippen LogP contribution in [0, 0.1) is 13.8 Å². The van der Waals surface area contributed by atoms with Gasteiger partial charge in [0.15, 0.2) is 5.43 Å². The van der Waals surface area contributed by atoms with Crippen molar-refractivity contribution in [2.45, 2.75) is 20.4 Å². The second-order valence-electron chi connectivity index (χ2n) is 4.46. The van der Waals surface area contributed by atoms with E-state index in [-0.39, 0.29) is 17.9 Å². The second-order valence-corrected chi connectivity index (χ2v) is 4.46. The number of carbonyl (C=O) groups excluding carboxylic acids is 1. The molecule has 0 aliphatic heterocycles. The molecule has 0 spiro atoms. The van der Waals surface area contributed by atoms with E-state index in [4.69, 9.17) is 0 Å². The average Bonchev–Trinajstić information content (AvgIpc) is 2.31. The number of rotatable bonds is 2. The zero-order valence-corrected chi connectivity index (χ0v) is 10.8. The molecular formula is C14H16N2O2. The molecule has 94 valence electrons. The third kappa shape index (κ3) is 2.14. The van der Waals surface area contributed by atoms with E-state index < -0.39 is 0 Å². The van der Waals surface area contributed by atoms with E-state index in [2.05, 4.69) is 5.32 Å². The molecular weight excluding hydrogens is 228 g/mol. The summed E-state index contributed by atoms with van der Waals surface area (Å²) in [5.41, 5.74) is 2.83. The molecule has 4 nitrogen and oxygen atoms in total. The van der Waals surface area contributed by atoms with Crippen LogP contribution in [-0.2, 0) is 11.3 Å². The third-order valence-electron chi connectivity index (χ3n) is 3.01. The highest BCUT2D eigenvalue weighted by Gasteiger charge is 2.08. The number of fused-ring (bicyclic) bond motifs is 1. The third-order valence-corrected chi connectivity index (χ3v) is 3.01. The largest absolute Gasteiger partial charge is 0.358 e. The molecule has 1 aromatic carbocycles. The highest BCUT2D eigenvalue weighted by Crippen LogP contribution is 2.17. The molecule has 1 amide bonds. The molecule has 0 saturated carbocycles. The molecule has 1 aromatic heterocycles. The Balaban J connectivity index is 2.72. The van der Waals surface area contributed by atoms with Gasteiger partial charge in [0.05, 0.1) is 5.52 Å². The lowest BCUT2D eigenvalue weighted by atomic mass is 10.1. The summed E-state index contributed by atoms with van der Waals surface area (Å²) in [7, 11) is 1.60. The molecule has 0 bridgehead atoms. The summed E-state index contributed by atoms with van der Waals surface area (Å²) < 4.78 is 1.80. The molecule has 0 aliphatic carbocycles. The van der Waals surface area contributed by atoms with E-state index in [1.807, 2.05) is 26.0 Å². The van der Waals surface area contributed by atoms with Gasteiger partial charge in [0.1, 0.15) is 6.54 Å². The number of aryl methyl sites for hydroxylation is 2. The number of hydrogen-bond acceptors (Lipinski definition) is 2. The first-order chi connectivity index (χ1) is 8.52. The molecule has 2 aromatic rings. The van der Waals surface area contributed by atoms with E-state index in [9.17, 15) is 9.59 Å². The van der Waals surface area contributed by atoms with Gasteiger partial charge in [-0.25, -0.2) is 0 Å². The number of aromatic nitrogens is 1. The minimum atomic E-state index is -0.0842. The lowest BCUT2D eigenvalue weighted by Gasteiger charge is -2.12. The van der Waals surface area contributed by atoms with Gasteiger partial charge < -0.3 is 9.88 Å². The van der Waals surface area contributed by atoms with E-state index in [0.717, 1.165) is 16.6 Å². The number of nitrogens with one attached hydrogen (secondary N) is 1. The second kappa shape index (κ2) is 4.64. The van der Waals surface area contributed by atoms with Crippen molar-refractivity contribution < 1.29 is 4.79 Å². The molecule has 1 heterocycles. The van der Waals surface area contributed by atoms with Crippen LogP contribution in [0.1, 0.15) is 11.1 Å². The van der Waals surface area contributed by atoms with Gasteiger partial charge in [0, 0.05) is 24.7 Å². The van der Waals surface area contributed by atoms with Crippen molar-refractivity contribution in [2.75, 3.05) is 7.05 Å². The summed E-state index contributed by atoms with van der Waals surface area (Å²) in [6.45, 7) is 4.12. The van der Waals surface area contributed by atoms with Crippen molar-refractivity contribution in [3.63, 3.8) is 0 Å². The monoisotopic (exact) mass is 244 g/mol. The van der Waals surface area contributed by atoms with Crippen LogP contribution in [0.3, 0.4) is 0 Å². The number of hydrogen-bond donors (Lipinski definition) is 1. The van der Waals surface area contributed by atoms with E-state index in [1.54, 1.807) is 17.8 Å². The van der Waals surface area contributed by atoms with Crippen LogP contribution < -0.4 is 10.7 Å². The Morgan fingerprint density at radius 1 is 1.33 bits per heavy atom. The fourth-order valence-electron chi connectivity index (χ4n) is 2.19. The van der Waals surface area contributed by atoms with Gasteiger partial charge in [-0.05, 0) is 31.0 Å². The standard InChI is InChI=1S/C14H16N2O2/c1-9-6-10(2)14-11(7-9)16(5-4-12(14)17)8-13(18)15-3/h4-7H,8H2,1-3H3,(H,15,18). The maximum absolute atomic E-state index is 11.9. The van der Waals surface area contributed by atoms with Crippen LogP contribution in [0.2, 0.25) is 0 Å². The van der Waals surface area contributed by atoms with E-state index in [0.29, 0.717) is 5.39 Å². The summed E-state index contributed by atoms with van der Waals surface area (Å²) >= 11 is 0. The zero-order chi connectivity index (χ0) is 13.3. The molecule has 0 fully saturated rings. The number of amides is 1. The summed E-state index contributed by atoms with van der Waals surface area (Å²) in [4.78, 5) is 23.4. The van der Waals surface area contributed by atoms with Crippen molar-refractivity contribution in [1.29, 1.82) is 0 Å². The first-order valence-electron chi connectivity index (χ1n) is 5.84. The van der Waals surface area contributed by atoms with Gasteiger partial charge in [-0.15, -0.1) is 0 Å². The summed E-state index contributed by atoms with van der Waals surface area (Å²) in [6.07, 6.45) is 1.67. The summed E-state index contributed by atoms with van der Waals surface area (Å²) in [5.74, 6) is -0.0842. The number of pyridine rings is 1. The first-order valence-corrected chi connectivity index (χ1v) is 5.84. The lowest BCUT2D eigenvalue weighted by molar-refractivity contribution is -0.121. The van der Waals surface area contributed by atoms with Gasteiger partial charge >= 0.3 is 0 Å². The average molecular weight is 244 g/mol. The van der Waals surface area contributed by atoms with E-state index in [1.165, 1.54) is 6.07 Å². The molecule has 0 radical (unpaired) electrons. The van der Waals surface area contributed by atoms with Gasteiger partial charge in [-0.1, -0.05) is 6.07 Å². The maximum atomic E-state index is 11.9. The molecule has 0 aliphatic rings. The zero-order valence-electron chi connectivity index (χ0n) is 10.8. The Hall–Kier alpha value is -2.10. The number of benzene rings is 1. The number of likely N-dealkylation sites (N-methyl/N-ethyl adjacent to an activating group) is 1. The van der Waals surface area contributed by atoms with Crippen LogP contribution in [0.4, 0.5) is 0 Å². The fourth-order valence-corrected chi connectivity index (χ4v) is 2.19. The van der Waals surface area contributed by atoms with Gasteiger partial charge in [0.2, 0.25) is 5.91 Å². The lowest BCUT2D eigenvalue weighted by Crippen LogP contribution is -2.24. The van der Waals surface area contributed by atoms with Crippen molar-refractivity contribution in [1.82, 2.24) is 9.88 Å². The van der Waals surface area contributed by atoms with E-state index >= 15 is 0 Å². The Morgan fingerprint density at radius 2 is 2.06 bits per heavy atom. The summed E-state index contributed by atoms with van der Waals surface area (Å²) in [5, 5.41) is 3.27. The van der Waals surface area contributed by atoms with Crippen LogP contribution >= 0.6 is 0 Å². The van der Waals surface area contributed by atoms with Crippen LogP contribution in [0.15, 0.2) is 29.2 Å². The minimum absolute atomic E-state index is 0.00402. The van der Waals surface area contributed by atoms with Crippen molar-refractivity contribution in [2.24, 2.45) is 0 Å². The molecule has 0 unspecified atom stereocenters. The predicted octanol–water partition coefficient (Wildman–Crippen LogP) is 1.36. The van der Waals surface area contributed by atoms with Gasteiger partial charge in [-0.2, -0.15) is 0 Å². The van der Waals surface area contributed by atoms with Gasteiger partial charge in [-0.3, -0.25) is 9.59 Å². The topological polar surface area (TPSA) is 51.1 Å². The fraction of sp³-hybridized carbons (Fsp3) is 0.286. The normalized spacial score (nSPS) is 10.6. The molecule has 18 heavy (non-hydrogen) atoms. The number of nitrogens with zero attached hydrogens (tertiary/aromatic N) is 1. The number of carbonyl (C=O) groups is 1. The quantitative estimate of drug-likeness (QED) is 0.867. The van der Waals surface area contributed by atoms with Crippen molar-refractivity contribution in [3.8, 4) is 0 Å².